The monoisotopic (exact) mass is 364 g/mol. The first-order valence-electron chi connectivity index (χ1n) is 9.34. The average molecular weight is 365 g/mol. The Hall–Kier alpha value is -1.60. The third kappa shape index (κ3) is 6.32. The number of guanidine groups is 1. The maximum absolute atomic E-state index is 4.69. The number of nitrogens with zero attached hydrogens (tertiary/aromatic N) is 4. The third-order valence-electron chi connectivity index (χ3n) is 4.28. The molecule has 2 aromatic heterocycles. The van der Waals surface area contributed by atoms with E-state index < -0.39 is 0 Å². The smallest absolute Gasteiger partial charge is 0.193 e. The third-order valence-corrected chi connectivity index (χ3v) is 5.05. The summed E-state index contributed by atoms with van der Waals surface area (Å²) in [6.07, 6.45) is 6.42. The van der Waals surface area contributed by atoms with Gasteiger partial charge in [0.2, 0.25) is 0 Å². The van der Waals surface area contributed by atoms with E-state index >= 15 is 0 Å². The van der Waals surface area contributed by atoms with Crippen LogP contribution in [0.25, 0.3) is 4.96 Å². The van der Waals surface area contributed by atoms with Crippen LogP contribution in [0.1, 0.15) is 46.2 Å². The van der Waals surface area contributed by atoms with Crippen LogP contribution in [-0.4, -0.2) is 52.5 Å². The van der Waals surface area contributed by atoms with Gasteiger partial charge in [-0.25, -0.2) is 9.98 Å². The topological polar surface area (TPSA) is 57.0 Å². The molecule has 7 heteroatoms. The van der Waals surface area contributed by atoms with Crippen LogP contribution in [0.4, 0.5) is 0 Å². The fourth-order valence-corrected chi connectivity index (χ4v) is 3.52. The first kappa shape index (κ1) is 19.7. The van der Waals surface area contributed by atoms with Gasteiger partial charge in [-0.2, -0.15) is 0 Å². The van der Waals surface area contributed by atoms with E-state index in [0.29, 0.717) is 12.6 Å². The molecule has 140 valence electrons. The van der Waals surface area contributed by atoms with Crippen LogP contribution in [0.2, 0.25) is 0 Å². The van der Waals surface area contributed by atoms with Crippen molar-refractivity contribution in [2.45, 2.75) is 53.1 Å². The zero-order valence-corrected chi connectivity index (χ0v) is 16.8. The summed E-state index contributed by atoms with van der Waals surface area (Å²) >= 11 is 1.65. The summed E-state index contributed by atoms with van der Waals surface area (Å²) in [5.74, 6) is 0.870. The molecule has 1 atom stereocenters. The molecular formula is C18H32N6S. The van der Waals surface area contributed by atoms with Crippen LogP contribution in [0.5, 0.6) is 0 Å². The highest BCUT2D eigenvalue weighted by atomic mass is 32.1. The second kappa shape index (κ2) is 10.4. The van der Waals surface area contributed by atoms with E-state index in [1.807, 2.05) is 22.2 Å². The molecule has 2 rings (SSSR count). The van der Waals surface area contributed by atoms with Gasteiger partial charge in [0.05, 0.1) is 12.2 Å². The van der Waals surface area contributed by atoms with Crippen LogP contribution in [-0.2, 0) is 6.54 Å². The summed E-state index contributed by atoms with van der Waals surface area (Å²) in [5, 5.41) is 8.89. The van der Waals surface area contributed by atoms with E-state index in [1.165, 1.54) is 6.42 Å². The van der Waals surface area contributed by atoms with Gasteiger partial charge < -0.3 is 15.5 Å². The van der Waals surface area contributed by atoms with Crippen molar-refractivity contribution in [3.63, 3.8) is 0 Å². The fourth-order valence-electron chi connectivity index (χ4n) is 2.80. The van der Waals surface area contributed by atoms with Crippen molar-refractivity contribution in [3.8, 4) is 0 Å². The van der Waals surface area contributed by atoms with Gasteiger partial charge >= 0.3 is 0 Å². The molecule has 0 amide bonds. The van der Waals surface area contributed by atoms with Crippen molar-refractivity contribution in [1.82, 2.24) is 24.9 Å². The molecule has 0 fully saturated rings. The molecule has 0 saturated carbocycles. The molecule has 0 spiro atoms. The van der Waals surface area contributed by atoms with Crippen LogP contribution >= 0.6 is 11.3 Å². The molecule has 0 radical (unpaired) electrons. The van der Waals surface area contributed by atoms with E-state index in [0.717, 1.165) is 49.2 Å². The molecule has 0 aromatic carbocycles. The highest BCUT2D eigenvalue weighted by Crippen LogP contribution is 2.11. The minimum atomic E-state index is 0.402. The van der Waals surface area contributed by atoms with Crippen molar-refractivity contribution < 1.29 is 0 Å². The molecule has 0 aliphatic rings. The van der Waals surface area contributed by atoms with Crippen LogP contribution in [0, 0.1) is 0 Å². The van der Waals surface area contributed by atoms with Crippen molar-refractivity contribution in [2.24, 2.45) is 4.99 Å². The van der Waals surface area contributed by atoms with Gasteiger partial charge in [0, 0.05) is 30.4 Å². The number of aromatic nitrogens is 2. The standard InChI is InChI=1S/C18H32N6S/c1-5-19-17(21-15(4)9-8-10-23(6-2)7-3)20-13-16-14-24-11-12-25-18(24)22-16/h11-12,14-15H,5-10,13H2,1-4H3,(H2,19,20,21). The molecule has 0 saturated heterocycles. The Labute approximate surface area is 155 Å². The van der Waals surface area contributed by atoms with Crippen molar-refractivity contribution in [1.29, 1.82) is 0 Å². The van der Waals surface area contributed by atoms with Gasteiger partial charge in [-0.3, -0.25) is 4.40 Å². The number of thiazole rings is 1. The first-order chi connectivity index (χ1) is 12.2. The molecular weight excluding hydrogens is 332 g/mol. The van der Waals surface area contributed by atoms with Gasteiger partial charge in [0.15, 0.2) is 10.9 Å². The number of fused-ring (bicyclic) bond motifs is 1. The van der Waals surface area contributed by atoms with E-state index in [1.54, 1.807) is 11.3 Å². The molecule has 25 heavy (non-hydrogen) atoms. The van der Waals surface area contributed by atoms with Gasteiger partial charge in [0.25, 0.3) is 0 Å². The molecule has 2 aromatic rings. The van der Waals surface area contributed by atoms with Crippen LogP contribution < -0.4 is 10.6 Å². The number of hydrogen-bond acceptors (Lipinski definition) is 4. The Balaban J connectivity index is 1.82. The summed E-state index contributed by atoms with van der Waals surface area (Å²) < 4.78 is 2.05. The predicted octanol–water partition coefficient (Wildman–Crippen LogP) is 2.96. The second-order valence-electron chi connectivity index (χ2n) is 6.23. The number of aliphatic imine (C=N–C) groups is 1. The maximum atomic E-state index is 4.69. The number of nitrogens with one attached hydrogen (secondary N) is 2. The summed E-state index contributed by atoms with van der Waals surface area (Å²) in [5.41, 5.74) is 0.998. The highest BCUT2D eigenvalue weighted by Gasteiger charge is 2.07. The minimum Gasteiger partial charge on any atom is -0.357 e. The summed E-state index contributed by atoms with van der Waals surface area (Å²) in [4.78, 5) is 12.8. The predicted molar refractivity (Wildman–Crippen MR) is 108 cm³/mol. The number of imidazole rings is 1. The SMILES string of the molecule is CCNC(=NCc1cn2ccsc2n1)NC(C)CCCN(CC)CC. The molecule has 0 bridgehead atoms. The Morgan fingerprint density at radius 2 is 2.16 bits per heavy atom. The van der Waals surface area contributed by atoms with E-state index in [-0.39, 0.29) is 0 Å². The summed E-state index contributed by atoms with van der Waals surface area (Å²) in [6, 6.07) is 0.402. The average Bonchev–Trinajstić information content (AvgIpc) is 3.18. The molecule has 2 N–H and O–H groups in total. The Bertz CT molecular complexity index is 614. The Morgan fingerprint density at radius 1 is 1.36 bits per heavy atom. The molecule has 0 aliphatic carbocycles. The number of hydrogen-bond donors (Lipinski definition) is 2. The lowest BCUT2D eigenvalue weighted by molar-refractivity contribution is 0.292. The lowest BCUT2D eigenvalue weighted by atomic mass is 10.2. The summed E-state index contributed by atoms with van der Waals surface area (Å²) in [6.45, 7) is 13.6. The molecule has 2 heterocycles. The van der Waals surface area contributed by atoms with Gasteiger partial charge in [-0.15, -0.1) is 11.3 Å². The fraction of sp³-hybridized carbons (Fsp3) is 0.667. The lowest BCUT2D eigenvalue weighted by Gasteiger charge is -2.21. The quantitative estimate of drug-likeness (QED) is 0.503. The van der Waals surface area contributed by atoms with Gasteiger partial charge in [-0.05, 0) is 46.3 Å². The minimum absolute atomic E-state index is 0.402. The summed E-state index contributed by atoms with van der Waals surface area (Å²) in [7, 11) is 0. The van der Waals surface area contributed by atoms with Crippen molar-refractivity contribution in [3.05, 3.63) is 23.5 Å². The Kier molecular flexibility index (Phi) is 8.21. The van der Waals surface area contributed by atoms with Gasteiger partial charge in [0.1, 0.15) is 0 Å². The second-order valence-corrected chi connectivity index (χ2v) is 7.11. The normalized spacial score (nSPS) is 13.6. The molecule has 0 aliphatic heterocycles. The highest BCUT2D eigenvalue weighted by molar-refractivity contribution is 7.15. The maximum Gasteiger partial charge on any atom is 0.193 e. The van der Waals surface area contributed by atoms with Crippen molar-refractivity contribution in [2.75, 3.05) is 26.2 Å². The number of rotatable bonds is 10. The molecule has 6 nitrogen and oxygen atoms in total. The lowest BCUT2D eigenvalue weighted by Crippen LogP contribution is -2.42. The molecule has 1 unspecified atom stereocenters. The zero-order valence-electron chi connectivity index (χ0n) is 16.0. The van der Waals surface area contributed by atoms with Crippen LogP contribution in [0.15, 0.2) is 22.8 Å². The van der Waals surface area contributed by atoms with E-state index in [4.69, 9.17) is 0 Å². The van der Waals surface area contributed by atoms with Crippen LogP contribution in [0.3, 0.4) is 0 Å². The van der Waals surface area contributed by atoms with E-state index in [9.17, 15) is 0 Å². The Morgan fingerprint density at radius 3 is 2.84 bits per heavy atom. The first-order valence-corrected chi connectivity index (χ1v) is 10.2. The van der Waals surface area contributed by atoms with Crippen molar-refractivity contribution >= 4 is 22.3 Å². The van der Waals surface area contributed by atoms with E-state index in [2.05, 4.69) is 53.2 Å². The van der Waals surface area contributed by atoms with Gasteiger partial charge in [-0.1, -0.05) is 13.8 Å². The zero-order chi connectivity index (χ0) is 18.1. The largest absolute Gasteiger partial charge is 0.357 e.